The van der Waals surface area contributed by atoms with Crippen molar-refractivity contribution in [2.75, 3.05) is 17.2 Å². The van der Waals surface area contributed by atoms with E-state index >= 15 is 0 Å². The number of aryl methyl sites for hydroxylation is 1. The Morgan fingerprint density at radius 1 is 1.32 bits per heavy atom. The second kappa shape index (κ2) is 6.43. The fraction of sp³-hybridized carbons (Fsp3) is 0.278. The lowest BCUT2D eigenvalue weighted by atomic mass is 10.0. The molecule has 2 amide bonds. The number of nitrogens with one attached hydrogen (secondary N) is 3. The summed E-state index contributed by atoms with van der Waals surface area (Å²) in [6.07, 6.45) is 0.566. The Morgan fingerprint density at radius 2 is 2.08 bits per heavy atom. The van der Waals surface area contributed by atoms with Gasteiger partial charge in [-0.05, 0) is 44.0 Å². The Balaban J connectivity index is 1.88. The van der Waals surface area contributed by atoms with Crippen LogP contribution in [0.2, 0.25) is 0 Å². The first-order chi connectivity index (χ1) is 11.9. The lowest BCUT2D eigenvalue weighted by molar-refractivity contribution is -0.118. The first-order valence-electron chi connectivity index (χ1n) is 8.01. The van der Waals surface area contributed by atoms with Crippen LogP contribution in [-0.2, 0) is 11.2 Å². The van der Waals surface area contributed by atoms with E-state index in [0.29, 0.717) is 46.1 Å². The van der Waals surface area contributed by atoms with Crippen LogP contribution in [0.25, 0.3) is 0 Å². The molecule has 0 atom stereocenters. The Kier molecular flexibility index (Phi) is 4.31. The van der Waals surface area contributed by atoms with E-state index in [9.17, 15) is 14.4 Å². The summed E-state index contributed by atoms with van der Waals surface area (Å²) in [4.78, 5) is 38.9. The molecular weight excluding hydrogens is 322 g/mol. The number of hydrogen-bond donors (Lipinski definition) is 3. The van der Waals surface area contributed by atoms with Gasteiger partial charge in [-0.15, -0.1) is 0 Å². The molecule has 0 spiro atoms. The highest BCUT2D eigenvalue weighted by Gasteiger charge is 2.22. The molecule has 0 aliphatic carbocycles. The SMILES string of the molecule is CCc1c(C(=O)Nc2ccc3c(c2)NC(=O)CO3)[nH]c(C)c1C(C)=O. The van der Waals surface area contributed by atoms with Crippen molar-refractivity contribution in [3.8, 4) is 5.75 Å². The van der Waals surface area contributed by atoms with Gasteiger partial charge in [-0.2, -0.15) is 0 Å². The number of hydrogen-bond acceptors (Lipinski definition) is 4. The number of ether oxygens (including phenoxy) is 1. The lowest BCUT2D eigenvalue weighted by Gasteiger charge is -2.18. The normalized spacial score (nSPS) is 12.8. The lowest BCUT2D eigenvalue weighted by Crippen LogP contribution is -2.25. The van der Waals surface area contributed by atoms with E-state index < -0.39 is 0 Å². The summed E-state index contributed by atoms with van der Waals surface area (Å²) in [5, 5.41) is 5.49. The average molecular weight is 341 g/mol. The van der Waals surface area contributed by atoms with Gasteiger partial charge in [-0.3, -0.25) is 14.4 Å². The van der Waals surface area contributed by atoms with E-state index in [2.05, 4.69) is 15.6 Å². The molecule has 0 saturated carbocycles. The van der Waals surface area contributed by atoms with Crippen molar-refractivity contribution in [2.45, 2.75) is 27.2 Å². The van der Waals surface area contributed by atoms with Crippen molar-refractivity contribution < 1.29 is 19.1 Å². The Morgan fingerprint density at radius 3 is 2.76 bits per heavy atom. The largest absolute Gasteiger partial charge is 0.482 e. The van der Waals surface area contributed by atoms with Crippen LogP contribution in [0.5, 0.6) is 5.75 Å². The summed E-state index contributed by atoms with van der Waals surface area (Å²) in [7, 11) is 0. The maximum absolute atomic E-state index is 12.6. The summed E-state index contributed by atoms with van der Waals surface area (Å²) < 4.78 is 5.29. The predicted molar refractivity (Wildman–Crippen MR) is 93.4 cm³/mol. The van der Waals surface area contributed by atoms with Crippen LogP contribution in [0.3, 0.4) is 0 Å². The Hall–Kier alpha value is -3.09. The highest BCUT2D eigenvalue weighted by Crippen LogP contribution is 2.31. The van der Waals surface area contributed by atoms with Gasteiger partial charge in [-0.1, -0.05) is 6.92 Å². The third-order valence-corrected chi connectivity index (χ3v) is 4.09. The zero-order valence-corrected chi connectivity index (χ0v) is 14.3. The summed E-state index contributed by atoms with van der Waals surface area (Å²) in [5.41, 5.74) is 3.37. The van der Waals surface area contributed by atoms with E-state index in [1.165, 1.54) is 6.92 Å². The Labute approximate surface area is 144 Å². The second-order valence-corrected chi connectivity index (χ2v) is 5.89. The molecule has 0 bridgehead atoms. The van der Waals surface area contributed by atoms with Gasteiger partial charge >= 0.3 is 0 Å². The van der Waals surface area contributed by atoms with Gasteiger partial charge in [0.15, 0.2) is 12.4 Å². The summed E-state index contributed by atoms with van der Waals surface area (Å²) >= 11 is 0. The number of Topliss-reactive ketones (excluding diaryl/α,β-unsaturated/α-hetero) is 1. The van der Waals surface area contributed by atoms with Crippen LogP contribution in [0, 0.1) is 6.92 Å². The van der Waals surface area contributed by atoms with E-state index in [4.69, 9.17) is 4.74 Å². The molecule has 25 heavy (non-hydrogen) atoms. The average Bonchev–Trinajstić information content (AvgIpc) is 2.91. The van der Waals surface area contributed by atoms with Crippen LogP contribution < -0.4 is 15.4 Å². The van der Waals surface area contributed by atoms with Crippen LogP contribution in [0.1, 0.15) is 46.0 Å². The van der Waals surface area contributed by atoms with E-state index in [1.807, 2.05) is 6.92 Å². The Bertz CT molecular complexity index is 883. The first-order valence-corrected chi connectivity index (χ1v) is 8.01. The summed E-state index contributed by atoms with van der Waals surface area (Å²) in [6, 6.07) is 5.02. The molecule has 0 radical (unpaired) electrons. The van der Waals surface area contributed by atoms with Crippen LogP contribution in [0.4, 0.5) is 11.4 Å². The molecule has 1 aliphatic rings. The minimum Gasteiger partial charge on any atom is -0.482 e. The third-order valence-electron chi connectivity index (χ3n) is 4.09. The zero-order valence-electron chi connectivity index (χ0n) is 14.3. The smallest absolute Gasteiger partial charge is 0.272 e. The number of aromatic amines is 1. The van der Waals surface area contributed by atoms with Crippen LogP contribution >= 0.6 is 0 Å². The molecule has 0 unspecified atom stereocenters. The number of anilines is 2. The number of benzene rings is 1. The number of aromatic nitrogens is 1. The van der Waals surface area contributed by atoms with Gasteiger partial charge in [0.2, 0.25) is 0 Å². The molecule has 2 aromatic rings. The van der Waals surface area contributed by atoms with Gasteiger partial charge in [0.25, 0.3) is 11.8 Å². The molecule has 3 N–H and O–H groups in total. The maximum atomic E-state index is 12.6. The van der Waals surface area contributed by atoms with Crippen molar-refractivity contribution in [3.63, 3.8) is 0 Å². The summed E-state index contributed by atoms with van der Waals surface area (Å²) in [5.74, 6) is -0.0921. The van der Waals surface area contributed by atoms with Gasteiger partial charge in [0, 0.05) is 16.9 Å². The number of fused-ring (bicyclic) bond motifs is 1. The van der Waals surface area contributed by atoms with Crippen LogP contribution in [0.15, 0.2) is 18.2 Å². The van der Waals surface area contributed by atoms with Gasteiger partial charge in [0.05, 0.1) is 5.69 Å². The molecule has 2 heterocycles. The van der Waals surface area contributed by atoms with Gasteiger partial charge in [-0.25, -0.2) is 0 Å². The number of rotatable bonds is 4. The molecule has 0 saturated heterocycles. The molecule has 3 rings (SSSR count). The quantitative estimate of drug-likeness (QED) is 0.744. The molecule has 0 fully saturated rings. The van der Waals surface area contributed by atoms with Gasteiger partial charge in [0.1, 0.15) is 11.4 Å². The van der Waals surface area contributed by atoms with Gasteiger partial charge < -0.3 is 20.4 Å². The fourth-order valence-corrected chi connectivity index (χ4v) is 3.06. The molecule has 7 nitrogen and oxygen atoms in total. The molecule has 1 aromatic heterocycles. The minimum atomic E-state index is -0.338. The highest BCUT2D eigenvalue weighted by atomic mass is 16.5. The van der Waals surface area contributed by atoms with Crippen molar-refractivity contribution in [3.05, 3.63) is 40.7 Å². The zero-order chi connectivity index (χ0) is 18.1. The number of amides is 2. The number of carbonyl (C=O) groups is 3. The number of carbonyl (C=O) groups excluding carboxylic acids is 3. The third kappa shape index (κ3) is 3.13. The first kappa shape index (κ1) is 16.8. The monoisotopic (exact) mass is 341 g/mol. The predicted octanol–water partition coefficient (Wildman–Crippen LogP) is 2.67. The molecule has 130 valence electrons. The highest BCUT2D eigenvalue weighted by molar-refractivity contribution is 6.08. The van der Waals surface area contributed by atoms with E-state index in [-0.39, 0.29) is 24.2 Å². The fourth-order valence-electron chi connectivity index (χ4n) is 3.06. The standard InChI is InChI=1S/C18H19N3O4/c1-4-12-16(10(3)22)9(2)19-17(12)18(24)20-11-5-6-14-13(7-11)21-15(23)8-25-14/h5-7,19H,4,8H2,1-3H3,(H,20,24)(H,21,23). The van der Waals surface area contributed by atoms with Crippen molar-refractivity contribution in [2.24, 2.45) is 0 Å². The number of H-pyrrole nitrogens is 1. The summed E-state index contributed by atoms with van der Waals surface area (Å²) in [6.45, 7) is 5.15. The molecular formula is C18H19N3O4. The maximum Gasteiger partial charge on any atom is 0.272 e. The van der Waals surface area contributed by atoms with Crippen molar-refractivity contribution in [1.29, 1.82) is 0 Å². The van der Waals surface area contributed by atoms with Crippen LogP contribution in [-0.4, -0.2) is 29.2 Å². The molecule has 7 heteroatoms. The van der Waals surface area contributed by atoms with Crippen molar-refractivity contribution in [1.82, 2.24) is 4.98 Å². The molecule has 1 aromatic carbocycles. The van der Waals surface area contributed by atoms with E-state index in [0.717, 1.165) is 0 Å². The number of ketones is 1. The minimum absolute atomic E-state index is 0.0197. The topological polar surface area (TPSA) is 100 Å². The van der Waals surface area contributed by atoms with E-state index in [1.54, 1.807) is 25.1 Å². The molecule has 1 aliphatic heterocycles. The van der Waals surface area contributed by atoms with Crippen molar-refractivity contribution >= 4 is 29.0 Å². The second-order valence-electron chi connectivity index (χ2n) is 5.89.